The molecular weight excluding hydrogens is 312 g/mol. The van der Waals surface area contributed by atoms with Crippen LogP contribution in [0.2, 0.25) is 0 Å². The van der Waals surface area contributed by atoms with E-state index in [2.05, 4.69) is 19.9 Å². The summed E-state index contributed by atoms with van der Waals surface area (Å²) < 4.78 is 0. The van der Waals surface area contributed by atoms with Gasteiger partial charge in [0, 0.05) is 5.92 Å². The predicted octanol–water partition coefficient (Wildman–Crippen LogP) is 3.34. The molecule has 0 aromatic carbocycles. The number of carbonyl (C=O) groups excluding carboxylic acids is 1. The fourth-order valence-corrected chi connectivity index (χ4v) is 8.32. The lowest BCUT2D eigenvalue weighted by Crippen LogP contribution is -2.52. The number of aliphatic hydroxyl groups excluding tert-OH is 2. The number of carbonyl (C=O) groups is 1. The number of fused-ring (bicyclic) bond motifs is 7. The van der Waals surface area contributed by atoms with E-state index >= 15 is 0 Å². The van der Waals surface area contributed by atoms with Gasteiger partial charge in [0.2, 0.25) is 0 Å². The summed E-state index contributed by atoms with van der Waals surface area (Å²) in [4.78, 5) is 12.5. The molecule has 0 aliphatic heterocycles. The number of allylic oxidation sites excluding steroid dienone is 1. The lowest BCUT2D eigenvalue weighted by atomic mass is 9.46. The minimum absolute atomic E-state index is 0.106. The zero-order valence-corrected chi connectivity index (χ0v) is 15.6. The Hall–Kier alpha value is -0.670. The second-order valence-electron chi connectivity index (χ2n) is 10.3. The Labute approximate surface area is 150 Å². The lowest BCUT2D eigenvalue weighted by molar-refractivity contribution is -0.135. The van der Waals surface area contributed by atoms with Crippen LogP contribution < -0.4 is 0 Å². The molecule has 25 heavy (non-hydrogen) atoms. The number of Topliss-reactive ketones (excluding diaryl/α,β-unsaturated/α-hetero) is 1. The van der Waals surface area contributed by atoms with E-state index in [-0.39, 0.29) is 35.2 Å². The van der Waals surface area contributed by atoms with E-state index in [9.17, 15) is 15.0 Å². The van der Waals surface area contributed by atoms with Crippen LogP contribution in [0.1, 0.15) is 58.8 Å². The standard InChI is InChI=1S/C22H32O3/c1-21-7-5-13(24)9-12(21)3-4-14-17(21)6-8-22(2)19(14)15-10-16(15)20(22)18(25)11-23/h3,13-17,19-20,23-24H,4-11H2,1-2H3/t13-,14+,15-,16+,17-,19+,20+,21-,22-/m0/s1. The van der Waals surface area contributed by atoms with Crippen molar-refractivity contribution in [3.05, 3.63) is 11.6 Å². The fraction of sp³-hybridized carbons (Fsp3) is 0.864. The van der Waals surface area contributed by atoms with Gasteiger partial charge in [0.15, 0.2) is 5.78 Å². The van der Waals surface area contributed by atoms with E-state index in [1.165, 1.54) is 18.4 Å². The average molecular weight is 344 g/mol. The molecule has 5 aliphatic carbocycles. The van der Waals surface area contributed by atoms with Gasteiger partial charge in [-0.25, -0.2) is 0 Å². The minimum atomic E-state index is -0.274. The molecule has 0 amide bonds. The van der Waals surface area contributed by atoms with Gasteiger partial charge in [-0.15, -0.1) is 0 Å². The van der Waals surface area contributed by atoms with Crippen LogP contribution >= 0.6 is 0 Å². The molecule has 0 aromatic rings. The van der Waals surface area contributed by atoms with Crippen molar-refractivity contribution in [3.8, 4) is 0 Å². The van der Waals surface area contributed by atoms with Crippen LogP contribution in [0.4, 0.5) is 0 Å². The van der Waals surface area contributed by atoms with Gasteiger partial charge in [0.05, 0.1) is 6.10 Å². The molecule has 0 spiro atoms. The third kappa shape index (κ3) is 2.03. The molecule has 0 unspecified atom stereocenters. The van der Waals surface area contributed by atoms with Gasteiger partial charge in [0.1, 0.15) is 6.61 Å². The normalized spacial score (nSPS) is 56.2. The maximum Gasteiger partial charge on any atom is 0.162 e. The summed E-state index contributed by atoms with van der Waals surface area (Å²) in [6.45, 7) is 4.55. The van der Waals surface area contributed by atoms with Crippen molar-refractivity contribution in [1.29, 1.82) is 0 Å². The lowest BCUT2D eigenvalue weighted by Gasteiger charge is -2.58. The number of hydrogen-bond donors (Lipinski definition) is 2. The van der Waals surface area contributed by atoms with Gasteiger partial charge in [-0.2, -0.15) is 0 Å². The third-order valence-electron chi connectivity index (χ3n) is 9.37. The number of aliphatic hydroxyl groups is 2. The second-order valence-corrected chi connectivity index (χ2v) is 10.3. The Morgan fingerprint density at radius 3 is 2.76 bits per heavy atom. The van der Waals surface area contributed by atoms with Crippen LogP contribution in [0.3, 0.4) is 0 Å². The quantitative estimate of drug-likeness (QED) is 0.755. The topological polar surface area (TPSA) is 57.5 Å². The maximum absolute atomic E-state index is 12.5. The van der Waals surface area contributed by atoms with Crippen molar-refractivity contribution in [2.45, 2.75) is 64.9 Å². The van der Waals surface area contributed by atoms with E-state index in [0.717, 1.165) is 43.9 Å². The van der Waals surface area contributed by atoms with Crippen LogP contribution in [-0.2, 0) is 4.79 Å². The van der Waals surface area contributed by atoms with Gasteiger partial charge in [-0.05, 0) is 85.4 Å². The predicted molar refractivity (Wildman–Crippen MR) is 95.7 cm³/mol. The molecule has 0 radical (unpaired) electrons. The number of ketones is 1. The van der Waals surface area contributed by atoms with Gasteiger partial charge < -0.3 is 10.2 Å². The largest absolute Gasteiger partial charge is 0.393 e. The van der Waals surface area contributed by atoms with Gasteiger partial charge in [-0.1, -0.05) is 25.5 Å². The van der Waals surface area contributed by atoms with Crippen molar-refractivity contribution in [2.24, 2.45) is 46.3 Å². The number of rotatable bonds is 2. The highest BCUT2D eigenvalue weighted by atomic mass is 16.3. The first-order chi connectivity index (χ1) is 11.9. The zero-order chi connectivity index (χ0) is 17.6. The van der Waals surface area contributed by atoms with Gasteiger partial charge >= 0.3 is 0 Å². The summed E-state index contributed by atoms with van der Waals surface area (Å²) in [5.41, 5.74) is 1.90. The minimum Gasteiger partial charge on any atom is -0.393 e. The molecule has 9 atom stereocenters. The Bertz CT molecular complexity index is 639. The molecule has 5 aliphatic rings. The molecule has 0 aromatic heterocycles. The molecule has 0 heterocycles. The van der Waals surface area contributed by atoms with Crippen molar-refractivity contribution < 1.29 is 15.0 Å². The molecule has 5 rings (SSSR count). The molecule has 4 saturated carbocycles. The second kappa shape index (κ2) is 5.19. The Balaban J connectivity index is 1.50. The highest BCUT2D eigenvalue weighted by Crippen LogP contribution is 2.75. The van der Waals surface area contributed by atoms with Crippen LogP contribution in [0.25, 0.3) is 0 Å². The Morgan fingerprint density at radius 1 is 1.20 bits per heavy atom. The summed E-state index contributed by atoms with van der Waals surface area (Å²) in [6.07, 6.45) is 9.99. The van der Waals surface area contributed by atoms with Crippen LogP contribution in [-0.4, -0.2) is 28.7 Å². The van der Waals surface area contributed by atoms with Crippen molar-refractivity contribution in [1.82, 2.24) is 0 Å². The van der Waals surface area contributed by atoms with E-state index in [0.29, 0.717) is 17.8 Å². The van der Waals surface area contributed by atoms with E-state index < -0.39 is 0 Å². The summed E-state index contributed by atoms with van der Waals surface area (Å²) in [6, 6.07) is 0. The van der Waals surface area contributed by atoms with E-state index in [4.69, 9.17) is 0 Å². The smallest absolute Gasteiger partial charge is 0.162 e. The molecule has 0 bridgehead atoms. The first-order valence-electron chi connectivity index (χ1n) is 10.4. The molecule has 3 heteroatoms. The third-order valence-corrected chi connectivity index (χ3v) is 9.37. The monoisotopic (exact) mass is 344 g/mol. The molecule has 4 fully saturated rings. The van der Waals surface area contributed by atoms with Gasteiger partial charge in [0.25, 0.3) is 0 Å². The van der Waals surface area contributed by atoms with Gasteiger partial charge in [-0.3, -0.25) is 4.79 Å². The molecule has 3 nitrogen and oxygen atoms in total. The average Bonchev–Trinajstić information content (AvgIpc) is 3.29. The van der Waals surface area contributed by atoms with Crippen molar-refractivity contribution >= 4 is 5.78 Å². The SMILES string of the molecule is C[C@]12CC[C@H]3[C@@H](CC=C4C[C@@H](O)CC[C@@]43C)[C@@H]1[C@H]1C[C@H]1[C@@H]2C(=O)CO. The van der Waals surface area contributed by atoms with Crippen LogP contribution in [0, 0.1) is 46.3 Å². The summed E-state index contributed by atoms with van der Waals surface area (Å²) in [7, 11) is 0. The molecule has 138 valence electrons. The molecule has 2 N–H and O–H groups in total. The van der Waals surface area contributed by atoms with Crippen molar-refractivity contribution in [2.75, 3.05) is 6.61 Å². The summed E-state index contributed by atoms with van der Waals surface area (Å²) in [5.74, 6) is 3.59. The Kier molecular flexibility index (Phi) is 3.43. The Morgan fingerprint density at radius 2 is 2.00 bits per heavy atom. The van der Waals surface area contributed by atoms with Crippen LogP contribution in [0.5, 0.6) is 0 Å². The molecule has 0 saturated heterocycles. The summed E-state index contributed by atoms with van der Waals surface area (Å²) >= 11 is 0. The van der Waals surface area contributed by atoms with Crippen molar-refractivity contribution in [3.63, 3.8) is 0 Å². The summed E-state index contributed by atoms with van der Waals surface area (Å²) in [5, 5.41) is 19.6. The maximum atomic E-state index is 12.5. The fourth-order valence-electron chi connectivity index (χ4n) is 8.32. The highest BCUT2D eigenvalue weighted by Gasteiger charge is 2.71. The number of hydrogen-bond acceptors (Lipinski definition) is 3. The van der Waals surface area contributed by atoms with Crippen LogP contribution in [0.15, 0.2) is 11.6 Å². The van der Waals surface area contributed by atoms with E-state index in [1.54, 1.807) is 0 Å². The molecular formula is C22H32O3. The first kappa shape index (κ1) is 16.5. The zero-order valence-electron chi connectivity index (χ0n) is 15.6. The highest BCUT2D eigenvalue weighted by molar-refractivity contribution is 5.84. The first-order valence-corrected chi connectivity index (χ1v) is 10.4. The van der Waals surface area contributed by atoms with E-state index in [1.807, 2.05) is 0 Å².